The summed E-state index contributed by atoms with van der Waals surface area (Å²) in [5.74, 6) is -6.08. The lowest BCUT2D eigenvalue weighted by Gasteiger charge is -2.14. The third kappa shape index (κ3) is 5.50. The molecule has 1 atom stereocenters. The minimum atomic E-state index is -1.69. The lowest BCUT2D eigenvalue weighted by atomic mass is 10.2. The first-order valence-electron chi connectivity index (χ1n) is 8.03. The number of halogens is 3. The molecule has 0 unspecified atom stereocenters. The van der Waals surface area contributed by atoms with Crippen LogP contribution in [-0.2, 0) is 14.3 Å². The molecule has 0 saturated heterocycles. The Kier molecular flexibility index (Phi) is 6.90. The highest BCUT2D eigenvalue weighted by atomic mass is 32.2. The number of amides is 1. The standard InChI is InChI=1S/C19H18F3NO3S/c1-10-4-7-15(11(2)8-10)27-9-16(24)26-12(3)19(25)23-14-6-5-13(20)17(21)18(14)22/h4-8,12H,9H2,1-3H3,(H,23,25)/t12-/m1/s1. The summed E-state index contributed by atoms with van der Waals surface area (Å²) in [4.78, 5) is 24.8. The molecule has 2 aromatic rings. The molecule has 8 heteroatoms. The van der Waals surface area contributed by atoms with Crippen LogP contribution in [0.5, 0.6) is 0 Å². The molecule has 4 nitrogen and oxygen atoms in total. The van der Waals surface area contributed by atoms with Crippen LogP contribution in [0.3, 0.4) is 0 Å². The lowest BCUT2D eigenvalue weighted by molar-refractivity contribution is -0.150. The summed E-state index contributed by atoms with van der Waals surface area (Å²) >= 11 is 1.27. The van der Waals surface area contributed by atoms with Crippen molar-refractivity contribution < 1.29 is 27.5 Å². The van der Waals surface area contributed by atoms with E-state index in [0.29, 0.717) is 6.07 Å². The van der Waals surface area contributed by atoms with E-state index >= 15 is 0 Å². The van der Waals surface area contributed by atoms with Gasteiger partial charge in [-0.2, -0.15) is 0 Å². The quantitative estimate of drug-likeness (QED) is 0.446. The minimum Gasteiger partial charge on any atom is -0.452 e. The number of benzene rings is 2. The van der Waals surface area contributed by atoms with E-state index in [-0.39, 0.29) is 5.75 Å². The lowest BCUT2D eigenvalue weighted by Crippen LogP contribution is -2.31. The van der Waals surface area contributed by atoms with Crippen LogP contribution in [0.1, 0.15) is 18.1 Å². The first kappa shape index (κ1) is 20.8. The van der Waals surface area contributed by atoms with Crippen LogP contribution in [0.4, 0.5) is 18.9 Å². The van der Waals surface area contributed by atoms with Crippen LogP contribution >= 0.6 is 11.8 Å². The second kappa shape index (κ2) is 8.94. The van der Waals surface area contributed by atoms with Crippen molar-refractivity contribution in [2.24, 2.45) is 0 Å². The number of hydrogen-bond acceptors (Lipinski definition) is 4. The summed E-state index contributed by atoms with van der Waals surface area (Å²) < 4.78 is 44.7. The molecule has 0 saturated carbocycles. The summed E-state index contributed by atoms with van der Waals surface area (Å²) in [5.41, 5.74) is 1.59. The van der Waals surface area contributed by atoms with Gasteiger partial charge in [0.15, 0.2) is 23.6 Å². The van der Waals surface area contributed by atoms with Crippen molar-refractivity contribution in [1.82, 2.24) is 0 Å². The zero-order valence-electron chi connectivity index (χ0n) is 14.9. The predicted molar refractivity (Wildman–Crippen MR) is 97.1 cm³/mol. The smallest absolute Gasteiger partial charge is 0.317 e. The molecule has 2 rings (SSSR count). The molecule has 0 fully saturated rings. The van der Waals surface area contributed by atoms with Crippen molar-refractivity contribution in [3.8, 4) is 0 Å². The van der Waals surface area contributed by atoms with Crippen molar-refractivity contribution in [2.45, 2.75) is 31.8 Å². The SMILES string of the molecule is Cc1ccc(SCC(=O)O[C@H](C)C(=O)Nc2ccc(F)c(F)c2F)c(C)c1. The van der Waals surface area contributed by atoms with Gasteiger partial charge in [-0.1, -0.05) is 17.7 Å². The van der Waals surface area contributed by atoms with Crippen molar-refractivity contribution in [1.29, 1.82) is 0 Å². The third-order valence-electron chi connectivity index (χ3n) is 3.65. The molecule has 1 amide bonds. The number of carbonyl (C=O) groups is 2. The monoisotopic (exact) mass is 397 g/mol. The third-order valence-corrected chi connectivity index (χ3v) is 4.80. The fourth-order valence-electron chi connectivity index (χ4n) is 2.24. The maximum absolute atomic E-state index is 13.6. The van der Waals surface area contributed by atoms with Gasteiger partial charge in [-0.3, -0.25) is 9.59 Å². The van der Waals surface area contributed by atoms with Crippen LogP contribution in [0.2, 0.25) is 0 Å². The largest absolute Gasteiger partial charge is 0.452 e. The van der Waals surface area contributed by atoms with Gasteiger partial charge in [-0.25, -0.2) is 13.2 Å². The molecule has 0 aliphatic heterocycles. The molecule has 0 aromatic heterocycles. The van der Waals surface area contributed by atoms with E-state index in [0.717, 1.165) is 22.1 Å². The van der Waals surface area contributed by atoms with E-state index in [1.807, 2.05) is 32.0 Å². The van der Waals surface area contributed by atoms with Crippen molar-refractivity contribution in [2.75, 3.05) is 11.1 Å². The van der Waals surface area contributed by atoms with Gasteiger partial charge in [-0.15, -0.1) is 11.8 Å². The Morgan fingerprint density at radius 1 is 1.11 bits per heavy atom. The molecule has 0 radical (unpaired) electrons. The molecular weight excluding hydrogens is 379 g/mol. The van der Waals surface area contributed by atoms with Gasteiger partial charge in [0, 0.05) is 4.90 Å². The highest BCUT2D eigenvalue weighted by Crippen LogP contribution is 2.23. The number of rotatable bonds is 6. The van der Waals surface area contributed by atoms with Crippen LogP contribution in [0.25, 0.3) is 0 Å². The van der Waals surface area contributed by atoms with Gasteiger partial charge in [-0.05, 0) is 44.5 Å². The first-order valence-corrected chi connectivity index (χ1v) is 9.01. The molecule has 27 heavy (non-hydrogen) atoms. The fraction of sp³-hybridized carbons (Fsp3) is 0.263. The second-order valence-corrected chi connectivity index (χ2v) is 6.92. The normalized spacial score (nSPS) is 11.8. The molecule has 0 bridgehead atoms. The van der Waals surface area contributed by atoms with Crippen LogP contribution in [0.15, 0.2) is 35.2 Å². The number of esters is 1. The van der Waals surface area contributed by atoms with Crippen molar-refractivity contribution >= 4 is 29.3 Å². The van der Waals surface area contributed by atoms with Gasteiger partial charge < -0.3 is 10.1 Å². The van der Waals surface area contributed by atoms with Crippen LogP contribution in [0, 0.1) is 31.3 Å². The Morgan fingerprint density at radius 2 is 1.81 bits per heavy atom. The van der Waals surface area contributed by atoms with E-state index in [1.54, 1.807) is 0 Å². The van der Waals surface area contributed by atoms with E-state index in [9.17, 15) is 22.8 Å². The Labute approximate surface area is 159 Å². The maximum Gasteiger partial charge on any atom is 0.317 e. The van der Waals surface area contributed by atoms with E-state index in [4.69, 9.17) is 4.74 Å². The molecule has 2 aromatic carbocycles. The molecule has 0 aliphatic rings. The molecular formula is C19H18F3NO3S. The highest BCUT2D eigenvalue weighted by Gasteiger charge is 2.21. The zero-order chi connectivity index (χ0) is 20.1. The number of hydrogen-bond donors (Lipinski definition) is 1. The van der Waals surface area contributed by atoms with Crippen LogP contribution in [-0.4, -0.2) is 23.7 Å². The number of ether oxygens (including phenoxy) is 1. The van der Waals surface area contributed by atoms with Gasteiger partial charge >= 0.3 is 5.97 Å². The van der Waals surface area contributed by atoms with E-state index in [2.05, 4.69) is 5.32 Å². The summed E-state index contributed by atoms with van der Waals surface area (Å²) in [6.45, 7) is 5.19. The summed E-state index contributed by atoms with van der Waals surface area (Å²) in [6.07, 6.45) is -1.23. The second-order valence-electron chi connectivity index (χ2n) is 5.90. The van der Waals surface area contributed by atoms with Crippen LogP contribution < -0.4 is 5.32 Å². The average Bonchev–Trinajstić information content (AvgIpc) is 2.61. The predicted octanol–water partition coefficient (Wildman–Crippen LogP) is 4.38. The number of anilines is 1. The van der Waals surface area contributed by atoms with Gasteiger partial charge in [0.25, 0.3) is 5.91 Å². The van der Waals surface area contributed by atoms with Gasteiger partial charge in [0.05, 0.1) is 11.4 Å². The van der Waals surface area contributed by atoms with Crippen molar-refractivity contribution in [3.63, 3.8) is 0 Å². The Morgan fingerprint density at radius 3 is 2.48 bits per heavy atom. The van der Waals surface area contributed by atoms with E-state index < -0.39 is 41.1 Å². The molecule has 1 N–H and O–H groups in total. The topological polar surface area (TPSA) is 55.4 Å². The van der Waals surface area contributed by atoms with Gasteiger partial charge in [0.1, 0.15) is 0 Å². The maximum atomic E-state index is 13.6. The zero-order valence-corrected chi connectivity index (χ0v) is 15.8. The van der Waals surface area contributed by atoms with Gasteiger partial charge in [0.2, 0.25) is 0 Å². The summed E-state index contributed by atoms with van der Waals surface area (Å²) in [7, 11) is 0. The Balaban J connectivity index is 1.90. The highest BCUT2D eigenvalue weighted by molar-refractivity contribution is 8.00. The molecule has 0 heterocycles. The van der Waals surface area contributed by atoms with Crippen molar-refractivity contribution in [3.05, 3.63) is 58.9 Å². The van der Waals surface area contributed by atoms with E-state index in [1.165, 1.54) is 18.7 Å². The Bertz CT molecular complexity index is 874. The number of nitrogens with one attached hydrogen (secondary N) is 1. The molecule has 0 spiro atoms. The number of thioether (sulfide) groups is 1. The summed E-state index contributed by atoms with van der Waals surface area (Å²) in [6, 6.07) is 7.37. The number of aryl methyl sites for hydroxylation is 2. The first-order chi connectivity index (χ1) is 12.7. The fourth-order valence-corrected chi connectivity index (χ4v) is 3.03. The molecule has 0 aliphatic carbocycles. The number of carbonyl (C=O) groups excluding carboxylic acids is 2. The molecule has 144 valence electrons. The Hall–Kier alpha value is -2.48. The average molecular weight is 397 g/mol. The minimum absolute atomic E-state index is 0.0128. The summed E-state index contributed by atoms with van der Waals surface area (Å²) in [5, 5.41) is 2.07.